The lowest BCUT2D eigenvalue weighted by Gasteiger charge is -2.17. The Morgan fingerprint density at radius 1 is 1.38 bits per heavy atom. The molecule has 0 spiro atoms. The Morgan fingerprint density at radius 2 is 2.23 bits per heavy atom. The van der Waals surface area contributed by atoms with Gasteiger partial charge in [-0.15, -0.1) is 11.3 Å². The predicted octanol–water partition coefficient (Wildman–Crippen LogP) is 4.13. The van der Waals surface area contributed by atoms with Gasteiger partial charge in [0.05, 0.1) is 5.56 Å². The minimum atomic E-state index is -0.245. The highest BCUT2D eigenvalue weighted by Gasteiger charge is 2.24. The molecule has 5 nitrogen and oxygen atoms in total. The summed E-state index contributed by atoms with van der Waals surface area (Å²) in [4.78, 5) is 13.5. The molecular formula is C20H18N2O3S. The van der Waals surface area contributed by atoms with Crippen LogP contribution in [0.4, 0.5) is 5.00 Å². The van der Waals surface area contributed by atoms with Crippen LogP contribution in [-0.2, 0) is 17.6 Å². The van der Waals surface area contributed by atoms with Gasteiger partial charge in [-0.3, -0.25) is 4.79 Å². The summed E-state index contributed by atoms with van der Waals surface area (Å²) in [7, 11) is 0. The first-order chi connectivity index (χ1) is 12.6. The van der Waals surface area contributed by atoms with Gasteiger partial charge in [0.1, 0.15) is 11.1 Å². The van der Waals surface area contributed by atoms with Crippen molar-refractivity contribution in [2.45, 2.75) is 26.2 Å². The van der Waals surface area contributed by atoms with Gasteiger partial charge in [-0.2, -0.15) is 5.26 Å². The average molecular weight is 366 g/mol. The average Bonchev–Trinajstić information content (AvgIpc) is 3.22. The van der Waals surface area contributed by atoms with Crippen molar-refractivity contribution in [3.05, 3.63) is 45.8 Å². The van der Waals surface area contributed by atoms with Crippen LogP contribution in [0, 0.1) is 17.2 Å². The monoisotopic (exact) mass is 366 g/mol. The minimum Gasteiger partial charge on any atom is -0.454 e. The summed E-state index contributed by atoms with van der Waals surface area (Å²) in [6.45, 7) is 2.45. The Morgan fingerprint density at radius 3 is 3.08 bits per heavy atom. The number of anilines is 1. The SMILES string of the molecule is CC1CCc2c(sc(NC(=O)/C=C/c3ccc4c(c3)OCO4)c2C#N)C1. The van der Waals surface area contributed by atoms with Crippen molar-refractivity contribution < 1.29 is 14.3 Å². The molecule has 1 aliphatic heterocycles. The van der Waals surface area contributed by atoms with Crippen LogP contribution in [0.5, 0.6) is 11.5 Å². The zero-order valence-electron chi connectivity index (χ0n) is 14.4. The number of nitrogens with one attached hydrogen (secondary N) is 1. The highest BCUT2D eigenvalue weighted by atomic mass is 32.1. The van der Waals surface area contributed by atoms with Gasteiger partial charge >= 0.3 is 0 Å². The predicted molar refractivity (Wildman–Crippen MR) is 100 cm³/mol. The van der Waals surface area contributed by atoms with Crippen molar-refractivity contribution in [3.8, 4) is 17.6 Å². The summed E-state index contributed by atoms with van der Waals surface area (Å²) in [5.74, 6) is 1.77. The number of hydrogen-bond acceptors (Lipinski definition) is 5. The zero-order chi connectivity index (χ0) is 18.1. The maximum absolute atomic E-state index is 12.3. The van der Waals surface area contributed by atoms with E-state index < -0.39 is 0 Å². The second-order valence-electron chi connectivity index (χ2n) is 6.60. The highest BCUT2D eigenvalue weighted by Crippen LogP contribution is 2.39. The number of nitriles is 1. The molecule has 1 unspecified atom stereocenters. The summed E-state index contributed by atoms with van der Waals surface area (Å²) in [5.41, 5.74) is 2.59. The van der Waals surface area contributed by atoms with Crippen LogP contribution in [0.25, 0.3) is 6.08 Å². The molecule has 1 amide bonds. The lowest BCUT2D eigenvalue weighted by molar-refractivity contribution is -0.111. The van der Waals surface area contributed by atoms with E-state index in [1.54, 1.807) is 6.08 Å². The molecule has 2 aromatic rings. The molecule has 1 aliphatic carbocycles. The van der Waals surface area contributed by atoms with Gasteiger partial charge < -0.3 is 14.8 Å². The molecule has 0 bridgehead atoms. The summed E-state index contributed by atoms with van der Waals surface area (Å²) in [6.07, 6.45) is 6.19. The van der Waals surface area contributed by atoms with E-state index in [4.69, 9.17) is 9.47 Å². The minimum absolute atomic E-state index is 0.224. The number of fused-ring (bicyclic) bond motifs is 2. The maximum Gasteiger partial charge on any atom is 0.249 e. The Hall–Kier alpha value is -2.78. The molecule has 6 heteroatoms. The molecule has 1 N–H and O–H groups in total. The quantitative estimate of drug-likeness (QED) is 0.829. The van der Waals surface area contributed by atoms with Gasteiger partial charge in [-0.05, 0) is 54.5 Å². The van der Waals surface area contributed by atoms with Crippen molar-refractivity contribution in [2.24, 2.45) is 5.92 Å². The van der Waals surface area contributed by atoms with E-state index in [1.807, 2.05) is 18.2 Å². The third-order valence-electron chi connectivity index (χ3n) is 4.68. The van der Waals surface area contributed by atoms with Gasteiger partial charge in [0, 0.05) is 11.0 Å². The van der Waals surface area contributed by atoms with Crippen molar-refractivity contribution in [1.82, 2.24) is 0 Å². The normalized spacial score (nSPS) is 17.8. The first-order valence-corrected chi connectivity index (χ1v) is 9.39. The number of hydrogen-bond donors (Lipinski definition) is 1. The van der Waals surface area contributed by atoms with Gasteiger partial charge in [0.2, 0.25) is 12.7 Å². The number of thiophene rings is 1. The van der Waals surface area contributed by atoms with Crippen molar-refractivity contribution in [2.75, 3.05) is 12.1 Å². The van der Waals surface area contributed by atoms with Gasteiger partial charge in [-0.25, -0.2) is 0 Å². The fourth-order valence-corrected chi connectivity index (χ4v) is 4.66. The van der Waals surface area contributed by atoms with Crippen LogP contribution < -0.4 is 14.8 Å². The second-order valence-corrected chi connectivity index (χ2v) is 7.71. The van der Waals surface area contributed by atoms with Crippen LogP contribution in [0.1, 0.15) is 34.9 Å². The van der Waals surface area contributed by atoms with E-state index in [0.29, 0.717) is 28.0 Å². The topological polar surface area (TPSA) is 71.3 Å². The summed E-state index contributed by atoms with van der Waals surface area (Å²) >= 11 is 1.53. The first kappa shape index (κ1) is 16.7. The van der Waals surface area contributed by atoms with E-state index in [0.717, 1.165) is 30.4 Å². The molecule has 0 fully saturated rings. The van der Waals surface area contributed by atoms with Gasteiger partial charge in [-0.1, -0.05) is 13.0 Å². The Kier molecular flexibility index (Phi) is 4.39. The molecule has 0 radical (unpaired) electrons. The number of rotatable bonds is 3. The van der Waals surface area contributed by atoms with Crippen LogP contribution in [0.2, 0.25) is 0 Å². The molecule has 4 rings (SSSR count). The van der Waals surface area contributed by atoms with E-state index in [9.17, 15) is 10.1 Å². The zero-order valence-corrected chi connectivity index (χ0v) is 15.2. The fourth-order valence-electron chi connectivity index (χ4n) is 3.30. The molecule has 2 aliphatic rings. The fraction of sp³-hybridized carbons (Fsp3) is 0.300. The molecular weight excluding hydrogens is 348 g/mol. The van der Waals surface area contributed by atoms with Crippen LogP contribution >= 0.6 is 11.3 Å². The molecule has 1 aromatic carbocycles. The second kappa shape index (κ2) is 6.85. The summed E-state index contributed by atoms with van der Waals surface area (Å²) in [6, 6.07) is 7.78. The van der Waals surface area contributed by atoms with Crippen LogP contribution in [0.15, 0.2) is 24.3 Å². The lowest BCUT2D eigenvalue weighted by atomic mass is 9.89. The van der Waals surface area contributed by atoms with Gasteiger partial charge in [0.25, 0.3) is 0 Å². The lowest BCUT2D eigenvalue weighted by Crippen LogP contribution is -2.10. The molecule has 2 heterocycles. The molecule has 1 atom stereocenters. The van der Waals surface area contributed by atoms with Crippen molar-refractivity contribution in [3.63, 3.8) is 0 Å². The Balaban J connectivity index is 1.49. The van der Waals surface area contributed by atoms with Crippen molar-refractivity contribution >= 4 is 28.3 Å². The molecule has 0 saturated heterocycles. The number of carbonyl (C=O) groups excluding carboxylic acids is 1. The van der Waals surface area contributed by atoms with E-state index in [1.165, 1.54) is 22.3 Å². The number of nitrogens with zero attached hydrogens (tertiary/aromatic N) is 1. The number of ether oxygens (including phenoxy) is 2. The third kappa shape index (κ3) is 3.18. The van der Waals surface area contributed by atoms with Crippen LogP contribution in [0.3, 0.4) is 0 Å². The highest BCUT2D eigenvalue weighted by molar-refractivity contribution is 7.16. The molecule has 132 valence electrons. The number of amides is 1. The number of benzene rings is 1. The van der Waals surface area contributed by atoms with E-state index in [-0.39, 0.29) is 12.7 Å². The first-order valence-electron chi connectivity index (χ1n) is 8.57. The summed E-state index contributed by atoms with van der Waals surface area (Å²) in [5, 5.41) is 13.0. The number of carbonyl (C=O) groups is 1. The van der Waals surface area contributed by atoms with Gasteiger partial charge in [0.15, 0.2) is 11.5 Å². The third-order valence-corrected chi connectivity index (χ3v) is 5.85. The Bertz CT molecular complexity index is 939. The van der Waals surface area contributed by atoms with E-state index >= 15 is 0 Å². The summed E-state index contributed by atoms with van der Waals surface area (Å²) < 4.78 is 10.6. The smallest absolute Gasteiger partial charge is 0.249 e. The molecule has 1 aromatic heterocycles. The molecule has 0 saturated carbocycles. The van der Waals surface area contributed by atoms with Crippen molar-refractivity contribution in [1.29, 1.82) is 5.26 Å². The van der Waals surface area contributed by atoms with Crippen LogP contribution in [-0.4, -0.2) is 12.7 Å². The Labute approximate surface area is 155 Å². The standard InChI is InChI=1S/C20H18N2O3S/c1-12-2-5-14-15(10-21)20(26-18(14)8-12)22-19(23)7-4-13-3-6-16-17(9-13)25-11-24-16/h3-4,6-7,9,12H,2,5,8,11H2,1H3,(H,22,23)/b7-4+. The van der Waals surface area contributed by atoms with E-state index in [2.05, 4.69) is 18.3 Å². The maximum atomic E-state index is 12.3. The molecule has 26 heavy (non-hydrogen) atoms. The largest absolute Gasteiger partial charge is 0.454 e.